The van der Waals surface area contributed by atoms with Gasteiger partial charge in [-0.15, -0.1) is 0 Å². The Morgan fingerprint density at radius 3 is 2.83 bits per heavy atom. The zero-order valence-electron chi connectivity index (χ0n) is 14.7. The maximum atomic E-state index is 12.4. The van der Waals surface area contributed by atoms with Crippen molar-refractivity contribution in [2.45, 2.75) is 38.0 Å². The van der Waals surface area contributed by atoms with Crippen LogP contribution in [0.4, 0.5) is 0 Å². The summed E-state index contributed by atoms with van der Waals surface area (Å²) in [5, 5.41) is 0. The molecule has 2 fully saturated rings. The minimum atomic E-state index is -0.294. The summed E-state index contributed by atoms with van der Waals surface area (Å²) >= 11 is 0. The molecular weight excluding hydrogens is 310 g/mol. The Labute approximate surface area is 141 Å². The van der Waals surface area contributed by atoms with Crippen LogP contribution in [0.25, 0.3) is 0 Å². The molecule has 2 heterocycles. The number of aromatic nitrogens is 2. The first kappa shape index (κ1) is 17.4. The minimum absolute atomic E-state index is 0.210. The number of hydrogen-bond acceptors (Lipinski definition) is 5. The lowest BCUT2D eigenvalue weighted by Crippen LogP contribution is -2.52. The summed E-state index contributed by atoms with van der Waals surface area (Å²) in [4.78, 5) is 26.6. The highest BCUT2D eigenvalue weighted by atomic mass is 16.5. The molecule has 7 heteroatoms. The summed E-state index contributed by atoms with van der Waals surface area (Å²) in [7, 11) is 4.99. The van der Waals surface area contributed by atoms with E-state index in [0.29, 0.717) is 31.2 Å². The van der Waals surface area contributed by atoms with Gasteiger partial charge in [0, 0.05) is 58.0 Å². The van der Waals surface area contributed by atoms with Gasteiger partial charge in [0.15, 0.2) is 0 Å². The van der Waals surface area contributed by atoms with Crippen LogP contribution >= 0.6 is 0 Å². The first-order chi connectivity index (χ1) is 11.5. The Bertz CT molecular complexity index is 696. The lowest BCUT2D eigenvalue weighted by Gasteiger charge is -2.40. The average Bonchev–Trinajstić information content (AvgIpc) is 3.06. The molecule has 3 rings (SSSR count). The fourth-order valence-electron chi connectivity index (χ4n) is 4.15. The monoisotopic (exact) mass is 337 g/mol. The Kier molecular flexibility index (Phi) is 5.22. The summed E-state index contributed by atoms with van der Waals surface area (Å²) in [6.45, 7) is 2.69. The van der Waals surface area contributed by atoms with Crippen LogP contribution in [0.2, 0.25) is 0 Å². The van der Waals surface area contributed by atoms with Crippen LogP contribution in [-0.4, -0.2) is 53.0 Å². The molecule has 0 bridgehead atoms. The molecule has 2 aliphatic rings. The number of aryl methyl sites for hydroxylation is 1. The average molecular weight is 337 g/mol. The third-order valence-corrected chi connectivity index (χ3v) is 5.47. The maximum absolute atomic E-state index is 12.4. The van der Waals surface area contributed by atoms with E-state index in [-0.39, 0.29) is 23.4 Å². The molecule has 1 saturated carbocycles. The fourth-order valence-corrected chi connectivity index (χ4v) is 4.15. The summed E-state index contributed by atoms with van der Waals surface area (Å²) < 4.78 is 14.0. The Hall–Kier alpha value is -1.44. The van der Waals surface area contributed by atoms with Crippen LogP contribution in [0.1, 0.15) is 24.8 Å². The van der Waals surface area contributed by atoms with Gasteiger partial charge in [0.25, 0.3) is 5.56 Å². The van der Waals surface area contributed by atoms with E-state index < -0.39 is 0 Å². The molecule has 0 amide bonds. The van der Waals surface area contributed by atoms with Crippen LogP contribution in [0.5, 0.6) is 0 Å². The molecule has 1 aliphatic heterocycles. The van der Waals surface area contributed by atoms with Gasteiger partial charge in [-0.2, -0.15) is 0 Å². The van der Waals surface area contributed by atoms with Crippen LogP contribution < -0.4 is 11.2 Å². The van der Waals surface area contributed by atoms with Crippen LogP contribution in [0.15, 0.2) is 15.8 Å². The molecular formula is C17H27N3O4. The second-order valence-corrected chi connectivity index (χ2v) is 6.89. The van der Waals surface area contributed by atoms with Gasteiger partial charge in [-0.25, -0.2) is 4.79 Å². The SMILES string of the molecule is COC1CCCC1C1COCCN1Cc1cn(C)c(=O)n(C)c1=O. The molecule has 7 nitrogen and oxygen atoms in total. The molecule has 1 aliphatic carbocycles. The third-order valence-electron chi connectivity index (χ3n) is 5.47. The summed E-state index contributed by atoms with van der Waals surface area (Å²) in [5.41, 5.74) is 0.147. The molecule has 0 radical (unpaired) electrons. The van der Waals surface area contributed by atoms with E-state index >= 15 is 0 Å². The zero-order chi connectivity index (χ0) is 17.3. The van der Waals surface area contributed by atoms with Gasteiger partial charge in [0.05, 0.1) is 19.3 Å². The van der Waals surface area contributed by atoms with Crippen molar-refractivity contribution >= 4 is 0 Å². The van der Waals surface area contributed by atoms with Crippen molar-refractivity contribution in [2.75, 3.05) is 26.9 Å². The van der Waals surface area contributed by atoms with Gasteiger partial charge >= 0.3 is 5.69 Å². The maximum Gasteiger partial charge on any atom is 0.330 e. The first-order valence-electron chi connectivity index (χ1n) is 8.63. The van der Waals surface area contributed by atoms with E-state index in [4.69, 9.17) is 9.47 Å². The molecule has 3 atom stereocenters. The van der Waals surface area contributed by atoms with E-state index in [0.717, 1.165) is 19.4 Å². The van der Waals surface area contributed by atoms with E-state index in [1.807, 2.05) is 0 Å². The quantitative estimate of drug-likeness (QED) is 0.780. The topological polar surface area (TPSA) is 65.7 Å². The van der Waals surface area contributed by atoms with Crippen molar-refractivity contribution in [3.05, 3.63) is 32.6 Å². The molecule has 24 heavy (non-hydrogen) atoms. The fraction of sp³-hybridized carbons (Fsp3) is 0.765. The molecule has 1 saturated heterocycles. The predicted octanol–water partition coefficient (Wildman–Crippen LogP) is 0.0999. The molecule has 0 aromatic carbocycles. The van der Waals surface area contributed by atoms with Gasteiger partial charge in [0.2, 0.25) is 0 Å². The van der Waals surface area contributed by atoms with Crippen molar-refractivity contribution in [3.8, 4) is 0 Å². The van der Waals surface area contributed by atoms with Crippen molar-refractivity contribution < 1.29 is 9.47 Å². The smallest absolute Gasteiger partial charge is 0.330 e. The summed E-state index contributed by atoms with van der Waals surface area (Å²) in [5.74, 6) is 0.437. The normalized spacial score (nSPS) is 28.4. The molecule has 1 aromatic rings. The lowest BCUT2D eigenvalue weighted by atomic mass is 9.94. The summed E-state index contributed by atoms with van der Waals surface area (Å²) in [6.07, 6.45) is 5.33. The molecule has 3 unspecified atom stereocenters. The number of morpholine rings is 1. The van der Waals surface area contributed by atoms with Crippen molar-refractivity contribution in [1.29, 1.82) is 0 Å². The first-order valence-corrected chi connectivity index (χ1v) is 8.63. The number of methoxy groups -OCH3 is 1. The highest BCUT2D eigenvalue weighted by Gasteiger charge is 2.38. The van der Waals surface area contributed by atoms with Crippen molar-refractivity contribution in [2.24, 2.45) is 20.0 Å². The predicted molar refractivity (Wildman–Crippen MR) is 90.1 cm³/mol. The largest absolute Gasteiger partial charge is 0.381 e. The Morgan fingerprint density at radius 1 is 1.29 bits per heavy atom. The van der Waals surface area contributed by atoms with E-state index in [1.165, 1.54) is 22.6 Å². The number of nitrogens with zero attached hydrogens (tertiary/aromatic N) is 3. The van der Waals surface area contributed by atoms with Gasteiger partial charge in [-0.05, 0) is 12.8 Å². The number of hydrogen-bond donors (Lipinski definition) is 0. The van der Waals surface area contributed by atoms with Crippen molar-refractivity contribution in [1.82, 2.24) is 14.0 Å². The molecule has 0 spiro atoms. The van der Waals surface area contributed by atoms with E-state index in [2.05, 4.69) is 4.90 Å². The highest BCUT2D eigenvalue weighted by Crippen LogP contribution is 2.34. The molecule has 1 aromatic heterocycles. The second-order valence-electron chi connectivity index (χ2n) is 6.89. The minimum Gasteiger partial charge on any atom is -0.381 e. The third kappa shape index (κ3) is 3.20. The van der Waals surface area contributed by atoms with E-state index in [1.54, 1.807) is 20.4 Å². The van der Waals surface area contributed by atoms with Gasteiger partial charge in [-0.3, -0.25) is 14.3 Å². The standard InChI is InChI=1S/C17H27N3O4/c1-18-9-12(16(21)19(2)17(18)22)10-20-7-8-24-11-14(20)13-5-4-6-15(13)23-3/h9,13-15H,4-8,10-11H2,1-3H3. The van der Waals surface area contributed by atoms with Crippen LogP contribution in [0.3, 0.4) is 0 Å². The molecule has 134 valence electrons. The Morgan fingerprint density at radius 2 is 2.08 bits per heavy atom. The molecule has 0 N–H and O–H groups in total. The van der Waals surface area contributed by atoms with E-state index in [9.17, 15) is 9.59 Å². The number of rotatable bonds is 4. The number of ether oxygens (including phenoxy) is 2. The summed E-state index contributed by atoms with van der Waals surface area (Å²) in [6, 6.07) is 0.258. The van der Waals surface area contributed by atoms with Gasteiger partial charge < -0.3 is 14.0 Å². The lowest BCUT2D eigenvalue weighted by molar-refractivity contribution is -0.0610. The van der Waals surface area contributed by atoms with Crippen molar-refractivity contribution in [3.63, 3.8) is 0 Å². The highest BCUT2D eigenvalue weighted by molar-refractivity contribution is 5.06. The second kappa shape index (κ2) is 7.21. The zero-order valence-corrected chi connectivity index (χ0v) is 14.7. The van der Waals surface area contributed by atoms with Gasteiger partial charge in [0.1, 0.15) is 0 Å². The Balaban J connectivity index is 1.85. The van der Waals surface area contributed by atoms with Crippen LogP contribution in [-0.2, 0) is 30.1 Å². The van der Waals surface area contributed by atoms with Crippen LogP contribution in [0, 0.1) is 5.92 Å². The van der Waals surface area contributed by atoms with Gasteiger partial charge in [-0.1, -0.05) is 6.42 Å².